The Kier molecular flexibility index (Phi) is 4.64. The van der Waals surface area contributed by atoms with Gasteiger partial charge in [0.15, 0.2) is 11.6 Å². The van der Waals surface area contributed by atoms with Gasteiger partial charge >= 0.3 is 0 Å². The highest BCUT2D eigenvalue weighted by Gasteiger charge is 2.33. The molecule has 0 spiro atoms. The van der Waals surface area contributed by atoms with Crippen LogP contribution in [0.5, 0.6) is 0 Å². The minimum atomic E-state index is -0.119. The summed E-state index contributed by atoms with van der Waals surface area (Å²) in [6.07, 6.45) is 7.51. The quantitative estimate of drug-likeness (QED) is 0.891. The van der Waals surface area contributed by atoms with Crippen molar-refractivity contribution in [2.75, 3.05) is 19.8 Å². The van der Waals surface area contributed by atoms with Crippen LogP contribution in [0.2, 0.25) is 0 Å². The van der Waals surface area contributed by atoms with Crippen molar-refractivity contribution in [1.29, 1.82) is 0 Å². The molecular formula is C17H24N2O3. The molecule has 5 heteroatoms. The van der Waals surface area contributed by atoms with Crippen molar-refractivity contribution in [1.82, 2.24) is 9.55 Å². The summed E-state index contributed by atoms with van der Waals surface area (Å²) in [5, 5.41) is 9.86. The van der Waals surface area contributed by atoms with Crippen molar-refractivity contribution < 1.29 is 14.3 Å². The normalized spacial score (nSPS) is 17.7. The summed E-state index contributed by atoms with van der Waals surface area (Å²) in [7, 11) is 0. The molecule has 1 fully saturated rings. The van der Waals surface area contributed by atoms with Gasteiger partial charge in [0.05, 0.1) is 6.61 Å². The fourth-order valence-electron chi connectivity index (χ4n) is 3.07. The molecule has 0 radical (unpaired) electrons. The summed E-state index contributed by atoms with van der Waals surface area (Å²) < 4.78 is 13.4. The van der Waals surface area contributed by atoms with Crippen molar-refractivity contribution in [3.63, 3.8) is 0 Å². The van der Waals surface area contributed by atoms with Gasteiger partial charge in [0.1, 0.15) is 5.76 Å². The second kappa shape index (κ2) is 6.67. The van der Waals surface area contributed by atoms with E-state index in [2.05, 4.69) is 16.5 Å². The lowest BCUT2D eigenvalue weighted by molar-refractivity contribution is -0.0251. The van der Waals surface area contributed by atoms with Crippen LogP contribution in [-0.2, 0) is 17.7 Å². The fourth-order valence-corrected chi connectivity index (χ4v) is 3.07. The molecule has 5 nitrogen and oxygen atoms in total. The largest absolute Gasteiger partial charge is 0.458 e. The van der Waals surface area contributed by atoms with Crippen LogP contribution in [-0.4, -0.2) is 34.5 Å². The molecule has 0 saturated carbocycles. The lowest BCUT2D eigenvalue weighted by Gasteiger charge is -2.36. The van der Waals surface area contributed by atoms with Crippen LogP contribution in [0.1, 0.15) is 31.9 Å². The van der Waals surface area contributed by atoms with E-state index in [0.717, 1.165) is 49.6 Å². The summed E-state index contributed by atoms with van der Waals surface area (Å²) in [6.45, 7) is 4.48. The number of furan rings is 1. The Morgan fingerprint density at radius 2 is 2.14 bits per heavy atom. The molecule has 1 aliphatic rings. The molecule has 0 unspecified atom stereocenters. The standard InChI is InChI=1S/C17H24N2O3/c1-2-3-14-4-5-15(22-14)16-18-8-9-19(16)12-17(13-20)6-10-21-11-7-17/h4-5,8-9,20H,2-3,6-7,10-13H2,1H3. The molecule has 1 N–H and O–H groups in total. The smallest absolute Gasteiger partial charge is 0.176 e. The van der Waals surface area contributed by atoms with Gasteiger partial charge in [-0.05, 0) is 31.4 Å². The number of aromatic nitrogens is 2. The van der Waals surface area contributed by atoms with E-state index in [-0.39, 0.29) is 12.0 Å². The zero-order chi connectivity index (χ0) is 15.4. The van der Waals surface area contributed by atoms with Gasteiger partial charge in [0.25, 0.3) is 0 Å². The van der Waals surface area contributed by atoms with E-state index < -0.39 is 0 Å². The Hall–Kier alpha value is -1.59. The molecular weight excluding hydrogens is 280 g/mol. The number of aliphatic hydroxyl groups is 1. The second-order valence-corrected chi connectivity index (χ2v) is 6.17. The van der Waals surface area contributed by atoms with E-state index in [4.69, 9.17) is 9.15 Å². The maximum atomic E-state index is 9.86. The van der Waals surface area contributed by atoms with Crippen LogP contribution in [0.15, 0.2) is 28.9 Å². The summed E-state index contributed by atoms with van der Waals surface area (Å²) in [5.41, 5.74) is -0.119. The predicted octanol–water partition coefficient (Wildman–Crippen LogP) is 2.88. The lowest BCUT2D eigenvalue weighted by atomic mass is 9.81. The van der Waals surface area contributed by atoms with Crippen LogP contribution >= 0.6 is 0 Å². The van der Waals surface area contributed by atoms with Crippen molar-refractivity contribution in [3.8, 4) is 11.6 Å². The highest BCUT2D eigenvalue weighted by Crippen LogP contribution is 2.33. The molecule has 22 heavy (non-hydrogen) atoms. The third-order valence-corrected chi connectivity index (χ3v) is 4.49. The Balaban J connectivity index is 1.81. The van der Waals surface area contributed by atoms with Crippen molar-refractivity contribution >= 4 is 0 Å². The molecule has 1 aliphatic heterocycles. The van der Waals surface area contributed by atoms with Gasteiger partial charge in [0.2, 0.25) is 0 Å². The van der Waals surface area contributed by atoms with Crippen LogP contribution in [0.25, 0.3) is 11.6 Å². The average molecular weight is 304 g/mol. The molecule has 120 valence electrons. The molecule has 2 aromatic rings. The Morgan fingerprint density at radius 3 is 2.86 bits per heavy atom. The van der Waals surface area contributed by atoms with E-state index >= 15 is 0 Å². The molecule has 1 saturated heterocycles. The summed E-state index contributed by atoms with van der Waals surface area (Å²) in [4.78, 5) is 4.45. The van der Waals surface area contributed by atoms with Gasteiger partial charge < -0.3 is 18.8 Å². The number of hydrogen-bond donors (Lipinski definition) is 1. The SMILES string of the molecule is CCCc1ccc(-c2nccn2CC2(CO)CCOCC2)o1. The van der Waals surface area contributed by atoms with Crippen molar-refractivity contribution in [3.05, 3.63) is 30.3 Å². The summed E-state index contributed by atoms with van der Waals surface area (Å²) in [6, 6.07) is 4.01. The average Bonchev–Trinajstić information content (AvgIpc) is 3.18. The maximum Gasteiger partial charge on any atom is 0.176 e. The highest BCUT2D eigenvalue weighted by molar-refractivity contribution is 5.47. The first-order chi connectivity index (χ1) is 10.8. The number of aliphatic hydroxyl groups excluding tert-OH is 1. The van der Waals surface area contributed by atoms with Gasteiger partial charge in [-0.2, -0.15) is 0 Å². The number of ether oxygens (including phenoxy) is 1. The number of rotatable bonds is 6. The molecule has 0 aromatic carbocycles. The Labute approximate surface area is 130 Å². The monoisotopic (exact) mass is 304 g/mol. The number of nitrogens with zero attached hydrogens (tertiary/aromatic N) is 2. The second-order valence-electron chi connectivity index (χ2n) is 6.17. The van der Waals surface area contributed by atoms with E-state index in [1.165, 1.54) is 0 Å². The van der Waals surface area contributed by atoms with Crippen LogP contribution < -0.4 is 0 Å². The number of imidazole rings is 1. The summed E-state index contributed by atoms with van der Waals surface area (Å²) >= 11 is 0. The van der Waals surface area contributed by atoms with Gasteiger partial charge in [-0.15, -0.1) is 0 Å². The molecule has 0 aliphatic carbocycles. The highest BCUT2D eigenvalue weighted by atomic mass is 16.5. The first kappa shape index (κ1) is 15.3. The third-order valence-electron chi connectivity index (χ3n) is 4.49. The zero-order valence-corrected chi connectivity index (χ0v) is 13.1. The third kappa shape index (κ3) is 3.10. The predicted molar refractivity (Wildman–Crippen MR) is 83.5 cm³/mol. The van der Waals surface area contributed by atoms with Gasteiger partial charge in [-0.25, -0.2) is 4.98 Å². The molecule has 0 atom stereocenters. The van der Waals surface area contributed by atoms with Crippen LogP contribution in [0.4, 0.5) is 0 Å². The number of hydrogen-bond acceptors (Lipinski definition) is 4. The topological polar surface area (TPSA) is 60.4 Å². The molecule has 0 bridgehead atoms. The zero-order valence-electron chi connectivity index (χ0n) is 13.1. The maximum absolute atomic E-state index is 9.86. The van der Waals surface area contributed by atoms with Gasteiger partial charge in [-0.3, -0.25) is 0 Å². The van der Waals surface area contributed by atoms with E-state index in [0.29, 0.717) is 13.2 Å². The molecule has 3 heterocycles. The van der Waals surface area contributed by atoms with E-state index in [1.54, 1.807) is 6.20 Å². The lowest BCUT2D eigenvalue weighted by Crippen LogP contribution is -2.37. The van der Waals surface area contributed by atoms with E-state index in [9.17, 15) is 5.11 Å². The Morgan fingerprint density at radius 1 is 1.32 bits per heavy atom. The summed E-state index contributed by atoms with van der Waals surface area (Å²) in [5.74, 6) is 2.63. The van der Waals surface area contributed by atoms with E-state index in [1.807, 2.05) is 18.3 Å². The van der Waals surface area contributed by atoms with Gasteiger partial charge in [0, 0.05) is 44.0 Å². The fraction of sp³-hybridized carbons (Fsp3) is 0.588. The number of aryl methyl sites for hydroxylation is 1. The minimum Gasteiger partial charge on any atom is -0.458 e. The van der Waals surface area contributed by atoms with Crippen LogP contribution in [0, 0.1) is 5.41 Å². The first-order valence-electron chi connectivity index (χ1n) is 8.05. The first-order valence-corrected chi connectivity index (χ1v) is 8.05. The van der Waals surface area contributed by atoms with Gasteiger partial charge in [-0.1, -0.05) is 6.92 Å². The van der Waals surface area contributed by atoms with Crippen molar-refractivity contribution in [2.24, 2.45) is 5.41 Å². The minimum absolute atomic E-state index is 0.119. The van der Waals surface area contributed by atoms with Crippen LogP contribution in [0.3, 0.4) is 0 Å². The van der Waals surface area contributed by atoms with Crippen molar-refractivity contribution in [2.45, 2.75) is 39.2 Å². The molecule has 3 rings (SSSR count). The molecule has 2 aromatic heterocycles. The Bertz CT molecular complexity index is 597. The molecule has 0 amide bonds.